The van der Waals surface area contributed by atoms with E-state index in [0.29, 0.717) is 11.0 Å². The van der Waals surface area contributed by atoms with Crippen molar-refractivity contribution < 1.29 is 17.6 Å². The van der Waals surface area contributed by atoms with Gasteiger partial charge in [-0.2, -0.15) is 4.31 Å². The molecule has 2 heterocycles. The molecule has 0 aliphatic carbocycles. The number of benzene rings is 2. The highest BCUT2D eigenvalue weighted by molar-refractivity contribution is 7.99. The highest BCUT2D eigenvalue weighted by atomic mass is 32.2. The standard InChI is InChI=1S/C21H23FN6O3S2/c1-15-6-8-16(9-7-15)20-24-25-21(28(20)23)32-14-19(29)26-10-12-27(13-11-26)33(30,31)18-5-3-2-4-17(18)22/h2-9H,10-14,23H2,1H3. The van der Waals surface area contributed by atoms with Gasteiger partial charge in [0, 0.05) is 31.7 Å². The smallest absolute Gasteiger partial charge is 0.246 e. The fourth-order valence-electron chi connectivity index (χ4n) is 3.46. The summed E-state index contributed by atoms with van der Waals surface area (Å²) in [6.45, 7) is 2.61. The van der Waals surface area contributed by atoms with Crippen molar-refractivity contribution in [3.05, 3.63) is 59.9 Å². The number of hydrogen-bond acceptors (Lipinski definition) is 7. The maximum atomic E-state index is 14.0. The van der Waals surface area contributed by atoms with Gasteiger partial charge in [-0.1, -0.05) is 53.7 Å². The van der Waals surface area contributed by atoms with Crippen LogP contribution < -0.4 is 5.84 Å². The molecule has 0 bridgehead atoms. The zero-order valence-electron chi connectivity index (χ0n) is 17.9. The first kappa shape index (κ1) is 23.2. The largest absolute Gasteiger partial charge is 0.339 e. The first-order valence-corrected chi connectivity index (χ1v) is 12.6. The van der Waals surface area contributed by atoms with Crippen LogP contribution in [0.25, 0.3) is 11.4 Å². The lowest BCUT2D eigenvalue weighted by Gasteiger charge is -2.34. The van der Waals surface area contributed by atoms with Crippen molar-refractivity contribution in [1.29, 1.82) is 0 Å². The van der Waals surface area contributed by atoms with Gasteiger partial charge < -0.3 is 10.7 Å². The van der Waals surface area contributed by atoms with Gasteiger partial charge in [-0.25, -0.2) is 17.5 Å². The molecule has 2 N–H and O–H groups in total. The molecule has 0 atom stereocenters. The molecule has 9 nitrogen and oxygen atoms in total. The minimum Gasteiger partial charge on any atom is -0.339 e. The van der Waals surface area contributed by atoms with E-state index in [-0.39, 0.29) is 42.7 Å². The van der Waals surface area contributed by atoms with Crippen LogP contribution in [-0.4, -0.2) is 70.3 Å². The Morgan fingerprint density at radius 2 is 1.73 bits per heavy atom. The minimum atomic E-state index is -3.95. The number of nitrogens with zero attached hydrogens (tertiary/aromatic N) is 5. The summed E-state index contributed by atoms with van der Waals surface area (Å²) in [5, 5.41) is 8.59. The molecule has 1 aliphatic rings. The number of nitrogen functional groups attached to an aromatic ring is 1. The van der Waals surface area contributed by atoms with Gasteiger partial charge in [0.15, 0.2) is 5.82 Å². The van der Waals surface area contributed by atoms with Gasteiger partial charge in [0.2, 0.25) is 21.1 Å². The first-order chi connectivity index (χ1) is 15.8. The fourth-order valence-corrected chi connectivity index (χ4v) is 5.71. The van der Waals surface area contributed by atoms with E-state index in [0.717, 1.165) is 29.0 Å². The number of thioether (sulfide) groups is 1. The summed E-state index contributed by atoms with van der Waals surface area (Å²) in [4.78, 5) is 13.9. The summed E-state index contributed by atoms with van der Waals surface area (Å²) < 4.78 is 42.0. The Bertz CT molecular complexity index is 1260. The van der Waals surface area contributed by atoms with Crippen molar-refractivity contribution in [3.8, 4) is 11.4 Å². The van der Waals surface area contributed by atoms with Gasteiger partial charge in [-0.3, -0.25) is 4.79 Å². The van der Waals surface area contributed by atoms with Gasteiger partial charge in [0.1, 0.15) is 10.7 Å². The zero-order valence-corrected chi connectivity index (χ0v) is 19.5. The molecule has 3 aromatic rings. The number of piperazine rings is 1. The molecule has 0 saturated carbocycles. The summed E-state index contributed by atoms with van der Waals surface area (Å²) in [5.74, 6) is 5.74. The average Bonchev–Trinajstić information content (AvgIpc) is 3.18. The molecule has 33 heavy (non-hydrogen) atoms. The van der Waals surface area contributed by atoms with E-state index in [9.17, 15) is 17.6 Å². The highest BCUT2D eigenvalue weighted by Crippen LogP contribution is 2.23. The van der Waals surface area contributed by atoms with E-state index in [4.69, 9.17) is 5.84 Å². The summed E-state index contributed by atoms with van der Waals surface area (Å²) in [7, 11) is -3.95. The number of hydrogen-bond donors (Lipinski definition) is 1. The minimum absolute atomic E-state index is 0.0866. The molecule has 0 radical (unpaired) electrons. The number of halogens is 1. The second-order valence-corrected chi connectivity index (χ2v) is 10.4. The predicted octanol–water partition coefficient (Wildman–Crippen LogP) is 1.73. The van der Waals surface area contributed by atoms with Crippen LogP contribution in [-0.2, 0) is 14.8 Å². The maximum Gasteiger partial charge on any atom is 0.246 e. The second-order valence-electron chi connectivity index (χ2n) is 7.55. The number of carbonyl (C=O) groups is 1. The first-order valence-electron chi connectivity index (χ1n) is 10.2. The molecule has 174 valence electrons. The highest BCUT2D eigenvalue weighted by Gasteiger charge is 2.31. The van der Waals surface area contributed by atoms with E-state index in [1.807, 2.05) is 31.2 Å². The average molecular weight is 491 g/mol. The zero-order chi connectivity index (χ0) is 23.6. The number of amides is 1. The van der Waals surface area contributed by atoms with Crippen LogP contribution in [0.15, 0.2) is 58.6 Å². The predicted molar refractivity (Wildman–Crippen MR) is 123 cm³/mol. The molecule has 1 fully saturated rings. The van der Waals surface area contributed by atoms with Crippen molar-refractivity contribution in [1.82, 2.24) is 24.1 Å². The summed E-state index contributed by atoms with van der Waals surface area (Å²) in [5.41, 5.74) is 1.93. The molecular weight excluding hydrogens is 467 g/mol. The number of aromatic nitrogens is 3. The lowest BCUT2D eigenvalue weighted by molar-refractivity contribution is -0.129. The lowest BCUT2D eigenvalue weighted by Crippen LogP contribution is -2.51. The van der Waals surface area contributed by atoms with Crippen LogP contribution in [0, 0.1) is 12.7 Å². The number of nitrogens with two attached hydrogens (primary N) is 1. The molecule has 4 rings (SSSR count). The Labute approximate surface area is 195 Å². The van der Waals surface area contributed by atoms with Gasteiger partial charge in [0.25, 0.3) is 0 Å². The SMILES string of the molecule is Cc1ccc(-c2nnc(SCC(=O)N3CCN(S(=O)(=O)c4ccccc4F)CC3)n2N)cc1. The van der Waals surface area contributed by atoms with Crippen LogP contribution in [0.4, 0.5) is 4.39 Å². The number of sulfonamides is 1. The van der Waals surface area contributed by atoms with Crippen molar-refractivity contribution in [2.24, 2.45) is 0 Å². The quantitative estimate of drug-likeness (QED) is 0.413. The molecule has 1 saturated heterocycles. The number of rotatable bonds is 6. The Hall–Kier alpha value is -2.96. The molecular formula is C21H23FN6O3S2. The number of carbonyl (C=O) groups excluding carboxylic acids is 1. The van der Waals surface area contributed by atoms with E-state index in [2.05, 4.69) is 10.2 Å². The Morgan fingerprint density at radius 3 is 2.39 bits per heavy atom. The molecule has 1 aromatic heterocycles. The molecule has 2 aromatic carbocycles. The third kappa shape index (κ3) is 4.87. The summed E-state index contributed by atoms with van der Waals surface area (Å²) in [6, 6.07) is 13.0. The summed E-state index contributed by atoms with van der Waals surface area (Å²) in [6.07, 6.45) is 0. The van der Waals surface area contributed by atoms with E-state index < -0.39 is 15.8 Å². The van der Waals surface area contributed by atoms with Crippen LogP contribution in [0.3, 0.4) is 0 Å². The van der Waals surface area contributed by atoms with Crippen molar-refractivity contribution >= 4 is 27.7 Å². The lowest BCUT2D eigenvalue weighted by atomic mass is 10.1. The Morgan fingerprint density at radius 1 is 1.06 bits per heavy atom. The van der Waals surface area contributed by atoms with Crippen molar-refractivity contribution in [2.75, 3.05) is 37.8 Å². The van der Waals surface area contributed by atoms with E-state index in [1.54, 1.807) is 4.90 Å². The van der Waals surface area contributed by atoms with E-state index in [1.165, 1.54) is 27.2 Å². The Balaban J connectivity index is 1.34. The monoisotopic (exact) mass is 490 g/mol. The Kier molecular flexibility index (Phi) is 6.68. The van der Waals surface area contributed by atoms with Gasteiger partial charge in [-0.05, 0) is 19.1 Å². The maximum absolute atomic E-state index is 14.0. The molecule has 0 unspecified atom stereocenters. The molecule has 1 amide bonds. The van der Waals surface area contributed by atoms with Crippen molar-refractivity contribution in [2.45, 2.75) is 17.0 Å². The van der Waals surface area contributed by atoms with E-state index >= 15 is 0 Å². The molecule has 1 aliphatic heterocycles. The third-order valence-electron chi connectivity index (χ3n) is 5.34. The topological polar surface area (TPSA) is 114 Å². The van der Waals surface area contributed by atoms with Crippen LogP contribution in [0.5, 0.6) is 0 Å². The number of aryl methyl sites for hydroxylation is 1. The fraction of sp³-hybridized carbons (Fsp3) is 0.286. The van der Waals surface area contributed by atoms with Gasteiger partial charge in [-0.15, -0.1) is 10.2 Å². The van der Waals surface area contributed by atoms with Crippen molar-refractivity contribution in [3.63, 3.8) is 0 Å². The normalized spacial score (nSPS) is 15.0. The molecule has 0 spiro atoms. The van der Waals surface area contributed by atoms with Crippen LogP contribution >= 0.6 is 11.8 Å². The van der Waals surface area contributed by atoms with Gasteiger partial charge >= 0.3 is 0 Å². The second kappa shape index (κ2) is 9.49. The third-order valence-corrected chi connectivity index (χ3v) is 8.20. The van der Waals surface area contributed by atoms with Crippen LogP contribution in [0.1, 0.15) is 5.56 Å². The molecule has 12 heteroatoms. The summed E-state index contributed by atoms with van der Waals surface area (Å²) >= 11 is 1.16. The van der Waals surface area contributed by atoms with Crippen LogP contribution in [0.2, 0.25) is 0 Å². The van der Waals surface area contributed by atoms with Gasteiger partial charge in [0.05, 0.1) is 5.75 Å².